The van der Waals surface area contributed by atoms with Gasteiger partial charge in [-0.3, -0.25) is 4.79 Å². The summed E-state index contributed by atoms with van der Waals surface area (Å²) in [7, 11) is 1.61. The zero-order valence-electron chi connectivity index (χ0n) is 12.4. The van der Waals surface area contributed by atoms with E-state index in [0.717, 1.165) is 5.56 Å². The molecular formula is C15H19N3O4. The second-order valence-corrected chi connectivity index (χ2v) is 4.66. The maximum absolute atomic E-state index is 11.6. The SMILES string of the molecule is CN(CCOCc1ccc(C#N)cc1)C(=O)NCCC(=O)O. The molecule has 0 aromatic heterocycles. The van der Waals surface area contributed by atoms with Crippen molar-refractivity contribution in [3.8, 4) is 6.07 Å². The molecule has 0 aliphatic heterocycles. The second-order valence-electron chi connectivity index (χ2n) is 4.66. The van der Waals surface area contributed by atoms with E-state index in [9.17, 15) is 9.59 Å². The summed E-state index contributed by atoms with van der Waals surface area (Å²) in [4.78, 5) is 23.4. The van der Waals surface area contributed by atoms with Gasteiger partial charge in [-0.2, -0.15) is 5.26 Å². The first-order valence-electron chi connectivity index (χ1n) is 6.80. The maximum Gasteiger partial charge on any atom is 0.317 e. The van der Waals surface area contributed by atoms with Gasteiger partial charge in [-0.05, 0) is 17.7 Å². The van der Waals surface area contributed by atoms with Crippen molar-refractivity contribution < 1.29 is 19.4 Å². The second kappa shape index (κ2) is 9.37. The number of ether oxygens (including phenoxy) is 1. The monoisotopic (exact) mass is 305 g/mol. The highest BCUT2D eigenvalue weighted by molar-refractivity contribution is 5.74. The number of urea groups is 1. The molecule has 7 heteroatoms. The van der Waals surface area contributed by atoms with Crippen LogP contribution in [0.1, 0.15) is 17.5 Å². The lowest BCUT2D eigenvalue weighted by atomic mass is 10.2. The highest BCUT2D eigenvalue weighted by Gasteiger charge is 2.08. The number of hydrogen-bond acceptors (Lipinski definition) is 4. The summed E-state index contributed by atoms with van der Waals surface area (Å²) in [6.07, 6.45) is -0.102. The lowest BCUT2D eigenvalue weighted by Crippen LogP contribution is -2.39. The quantitative estimate of drug-likeness (QED) is 0.702. The van der Waals surface area contributed by atoms with Crippen LogP contribution in [0.15, 0.2) is 24.3 Å². The molecule has 0 bridgehead atoms. The summed E-state index contributed by atoms with van der Waals surface area (Å²) < 4.78 is 5.46. The number of carbonyl (C=O) groups excluding carboxylic acids is 1. The van der Waals surface area contributed by atoms with Gasteiger partial charge in [-0.15, -0.1) is 0 Å². The van der Waals surface area contributed by atoms with Crippen LogP contribution < -0.4 is 5.32 Å². The Labute approximate surface area is 129 Å². The Morgan fingerprint density at radius 1 is 1.36 bits per heavy atom. The number of nitrogens with zero attached hydrogens (tertiary/aromatic N) is 2. The summed E-state index contributed by atoms with van der Waals surface area (Å²) in [6, 6.07) is 8.80. The summed E-state index contributed by atoms with van der Waals surface area (Å²) in [5.41, 5.74) is 1.55. The van der Waals surface area contributed by atoms with Gasteiger partial charge >= 0.3 is 12.0 Å². The smallest absolute Gasteiger partial charge is 0.317 e. The lowest BCUT2D eigenvalue weighted by Gasteiger charge is -2.17. The highest BCUT2D eigenvalue weighted by Crippen LogP contribution is 2.04. The van der Waals surface area contributed by atoms with Crippen LogP contribution in [-0.2, 0) is 16.1 Å². The van der Waals surface area contributed by atoms with Gasteiger partial charge in [0, 0.05) is 20.1 Å². The van der Waals surface area contributed by atoms with Crippen molar-refractivity contribution in [2.24, 2.45) is 0 Å². The normalized spacial score (nSPS) is 9.82. The zero-order valence-corrected chi connectivity index (χ0v) is 12.4. The minimum Gasteiger partial charge on any atom is -0.481 e. The van der Waals surface area contributed by atoms with Crippen molar-refractivity contribution in [2.45, 2.75) is 13.0 Å². The molecule has 1 rings (SSSR count). The largest absolute Gasteiger partial charge is 0.481 e. The standard InChI is InChI=1S/C15H19N3O4/c1-18(15(21)17-7-6-14(19)20)8-9-22-11-13-4-2-12(10-16)3-5-13/h2-5H,6-9,11H2,1H3,(H,17,21)(H,19,20). The van der Waals surface area contributed by atoms with Gasteiger partial charge in [-0.1, -0.05) is 12.1 Å². The van der Waals surface area contributed by atoms with Crippen molar-refractivity contribution in [3.63, 3.8) is 0 Å². The fourth-order valence-corrected chi connectivity index (χ4v) is 1.58. The number of rotatable bonds is 8. The number of nitriles is 1. The van der Waals surface area contributed by atoms with Crippen LogP contribution in [0.4, 0.5) is 4.79 Å². The Balaban J connectivity index is 2.18. The molecule has 0 saturated carbocycles. The summed E-state index contributed by atoms with van der Waals surface area (Å²) >= 11 is 0. The highest BCUT2D eigenvalue weighted by atomic mass is 16.5. The molecule has 22 heavy (non-hydrogen) atoms. The Bertz CT molecular complexity index is 537. The van der Waals surface area contributed by atoms with Crippen molar-refractivity contribution in [3.05, 3.63) is 35.4 Å². The van der Waals surface area contributed by atoms with Crippen LogP contribution in [0.3, 0.4) is 0 Å². The molecule has 0 fully saturated rings. The van der Waals surface area contributed by atoms with Gasteiger partial charge in [0.05, 0.1) is 31.3 Å². The molecule has 2 N–H and O–H groups in total. The molecular weight excluding hydrogens is 286 g/mol. The van der Waals surface area contributed by atoms with Crippen molar-refractivity contribution >= 4 is 12.0 Å². The molecule has 0 atom stereocenters. The number of nitrogens with one attached hydrogen (secondary N) is 1. The van der Waals surface area contributed by atoms with Crippen LogP contribution in [0.5, 0.6) is 0 Å². The first kappa shape index (κ1) is 17.5. The van der Waals surface area contributed by atoms with E-state index in [-0.39, 0.29) is 19.0 Å². The van der Waals surface area contributed by atoms with Gasteiger partial charge in [0.1, 0.15) is 0 Å². The molecule has 0 saturated heterocycles. The minimum atomic E-state index is -0.950. The maximum atomic E-state index is 11.6. The van der Waals surface area contributed by atoms with E-state index in [1.54, 1.807) is 19.2 Å². The number of likely N-dealkylation sites (N-methyl/N-ethyl adjacent to an activating group) is 1. The van der Waals surface area contributed by atoms with Gasteiger partial charge in [0.15, 0.2) is 0 Å². The lowest BCUT2D eigenvalue weighted by molar-refractivity contribution is -0.136. The number of amides is 2. The number of carboxylic acid groups (broad SMARTS) is 1. The van der Waals surface area contributed by atoms with E-state index in [1.165, 1.54) is 4.90 Å². The van der Waals surface area contributed by atoms with E-state index < -0.39 is 5.97 Å². The average Bonchev–Trinajstić information content (AvgIpc) is 2.51. The van der Waals surface area contributed by atoms with Gasteiger partial charge in [0.25, 0.3) is 0 Å². The number of benzene rings is 1. The fourth-order valence-electron chi connectivity index (χ4n) is 1.58. The number of carbonyl (C=O) groups is 2. The molecule has 0 aliphatic carbocycles. The molecule has 1 aromatic rings. The fraction of sp³-hybridized carbons (Fsp3) is 0.400. The molecule has 2 amide bonds. The third kappa shape index (κ3) is 6.72. The van der Waals surface area contributed by atoms with Crippen LogP contribution in [-0.4, -0.2) is 48.8 Å². The summed E-state index contributed by atoms with van der Waals surface area (Å²) in [5.74, 6) is -0.950. The van der Waals surface area contributed by atoms with Crippen LogP contribution >= 0.6 is 0 Å². The van der Waals surface area contributed by atoms with E-state index in [2.05, 4.69) is 5.32 Å². The first-order chi connectivity index (χ1) is 10.5. The third-order valence-electron chi connectivity index (χ3n) is 2.88. The van der Waals surface area contributed by atoms with Crippen molar-refractivity contribution in [1.82, 2.24) is 10.2 Å². The van der Waals surface area contributed by atoms with Gasteiger partial charge in [-0.25, -0.2) is 4.79 Å². The van der Waals surface area contributed by atoms with Crippen molar-refractivity contribution in [2.75, 3.05) is 26.7 Å². The predicted molar refractivity (Wildman–Crippen MR) is 79.1 cm³/mol. The number of hydrogen-bond donors (Lipinski definition) is 2. The molecule has 0 radical (unpaired) electrons. The Morgan fingerprint density at radius 3 is 2.64 bits per heavy atom. The van der Waals surface area contributed by atoms with E-state index in [4.69, 9.17) is 15.1 Å². The molecule has 7 nitrogen and oxygen atoms in total. The van der Waals surface area contributed by atoms with E-state index >= 15 is 0 Å². The first-order valence-corrected chi connectivity index (χ1v) is 6.80. The molecule has 0 spiro atoms. The number of aliphatic carboxylic acids is 1. The van der Waals surface area contributed by atoms with Crippen LogP contribution in [0.25, 0.3) is 0 Å². The van der Waals surface area contributed by atoms with Gasteiger partial charge in [0.2, 0.25) is 0 Å². The number of carboxylic acids is 1. The van der Waals surface area contributed by atoms with E-state index in [0.29, 0.717) is 25.3 Å². The predicted octanol–water partition coefficient (Wildman–Crippen LogP) is 1.19. The van der Waals surface area contributed by atoms with Gasteiger partial charge < -0.3 is 20.1 Å². The zero-order chi connectivity index (χ0) is 16.4. The van der Waals surface area contributed by atoms with Crippen LogP contribution in [0, 0.1) is 11.3 Å². The van der Waals surface area contributed by atoms with E-state index in [1.807, 2.05) is 18.2 Å². The third-order valence-corrected chi connectivity index (χ3v) is 2.88. The summed E-state index contributed by atoms with van der Waals surface area (Å²) in [5, 5.41) is 19.7. The molecule has 0 unspecified atom stereocenters. The van der Waals surface area contributed by atoms with Crippen LogP contribution in [0.2, 0.25) is 0 Å². The molecule has 0 aliphatic rings. The summed E-state index contributed by atoms with van der Waals surface area (Å²) in [6.45, 7) is 1.27. The Hall–Kier alpha value is -2.59. The minimum absolute atomic E-state index is 0.102. The average molecular weight is 305 g/mol. The Kier molecular flexibility index (Phi) is 7.43. The molecule has 118 valence electrons. The Morgan fingerprint density at radius 2 is 2.05 bits per heavy atom. The topological polar surface area (TPSA) is 103 Å². The molecule has 1 aromatic carbocycles. The molecule has 0 heterocycles. The van der Waals surface area contributed by atoms with Crippen molar-refractivity contribution in [1.29, 1.82) is 5.26 Å².